The molecule has 2 aromatic rings. The molecule has 0 aliphatic rings. The molecule has 29 heavy (non-hydrogen) atoms. The van der Waals surface area contributed by atoms with Crippen LogP contribution >= 0.6 is 0 Å². The number of nitrogens with one attached hydrogen (secondary N) is 2. The van der Waals surface area contributed by atoms with Gasteiger partial charge in [-0.1, -0.05) is 25.8 Å². The number of carboxylic acids is 2. The van der Waals surface area contributed by atoms with E-state index in [0.717, 1.165) is 42.0 Å². The monoisotopic (exact) mass is 405 g/mol. The third-order valence-electron chi connectivity index (χ3n) is 4.15. The molecule has 8 nitrogen and oxygen atoms in total. The predicted octanol–water partition coefficient (Wildman–Crippen LogP) is 3.37. The number of anilines is 1. The molecule has 0 aliphatic carbocycles. The lowest BCUT2D eigenvalue weighted by molar-refractivity contribution is -0.159. The van der Waals surface area contributed by atoms with E-state index in [4.69, 9.17) is 24.5 Å². The zero-order valence-electron chi connectivity index (χ0n) is 17.1. The fourth-order valence-electron chi connectivity index (χ4n) is 2.62. The average Bonchev–Trinajstić information content (AvgIpc) is 2.72. The normalized spacial score (nSPS) is 10.1. The van der Waals surface area contributed by atoms with Gasteiger partial charge in [0.05, 0.1) is 18.3 Å². The van der Waals surface area contributed by atoms with Crippen molar-refractivity contribution >= 4 is 28.5 Å². The highest BCUT2D eigenvalue weighted by Gasteiger charge is 2.05. The molecular formula is C21H31N3O5. The third kappa shape index (κ3) is 9.75. The molecule has 1 aromatic heterocycles. The van der Waals surface area contributed by atoms with Crippen molar-refractivity contribution < 1.29 is 24.5 Å². The second kappa shape index (κ2) is 14.2. The number of hydrogen-bond donors (Lipinski definition) is 4. The number of carboxylic acid groups (broad SMARTS) is 2. The van der Waals surface area contributed by atoms with Gasteiger partial charge >= 0.3 is 11.9 Å². The number of aromatic nitrogens is 1. The summed E-state index contributed by atoms with van der Waals surface area (Å²) in [6.07, 6.45) is 8.02. The van der Waals surface area contributed by atoms with Gasteiger partial charge in [0.2, 0.25) is 0 Å². The van der Waals surface area contributed by atoms with Crippen LogP contribution in [0, 0.1) is 0 Å². The summed E-state index contributed by atoms with van der Waals surface area (Å²) in [6, 6.07) is 8.08. The van der Waals surface area contributed by atoms with Gasteiger partial charge < -0.3 is 25.6 Å². The molecular weight excluding hydrogens is 374 g/mol. The zero-order valence-corrected chi connectivity index (χ0v) is 17.1. The number of methoxy groups -OCH3 is 1. The summed E-state index contributed by atoms with van der Waals surface area (Å²) in [5.41, 5.74) is 2.07. The van der Waals surface area contributed by atoms with E-state index in [2.05, 4.69) is 28.6 Å². The van der Waals surface area contributed by atoms with Crippen LogP contribution in [0.1, 0.15) is 39.0 Å². The molecule has 0 atom stereocenters. The molecule has 0 fully saturated rings. The highest BCUT2D eigenvalue weighted by molar-refractivity contribution is 6.27. The molecule has 0 bridgehead atoms. The van der Waals surface area contributed by atoms with Crippen molar-refractivity contribution in [3.8, 4) is 5.75 Å². The lowest BCUT2D eigenvalue weighted by atomic mass is 10.1. The van der Waals surface area contributed by atoms with Gasteiger partial charge in [0, 0.05) is 24.2 Å². The SMILES string of the molecule is CCCCNCCCCCNc1cc(OC)cc2cccnc12.O=C(O)C(=O)O. The highest BCUT2D eigenvalue weighted by atomic mass is 16.5. The van der Waals surface area contributed by atoms with Gasteiger partial charge in [-0.25, -0.2) is 9.59 Å². The molecule has 0 amide bonds. The van der Waals surface area contributed by atoms with Crippen LogP contribution in [0.3, 0.4) is 0 Å². The van der Waals surface area contributed by atoms with Crippen LogP contribution < -0.4 is 15.4 Å². The van der Waals surface area contributed by atoms with Crippen molar-refractivity contribution in [3.63, 3.8) is 0 Å². The van der Waals surface area contributed by atoms with Crippen molar-refractivity contribution in [2.45, 2.75) is 39.0 Å². The number of carbonyl (C=O) groups is 2. The maximum Gasteiger partial charge on any atom is 0.414 e. The molecule has 0 aliphatic heterocycles. The van der Waals surface area contributed by atoms with Crippen LogP contribution in [0.25, 0.3) is 10.9 Å². The van der Waals surface area contributed by atoms with Gasteiger partial charge in [-0.15, -0.1) is 0 Å². The number of hydrogen-bond acceptors (Lipinski definition) is 6. The van der Waals surface area contributed by atoms with E-state index in [1.54, 1.807) is 7.11 Å². The molecule has 2 rings (SSSR count). The molecule has 0 saturated heterocycles. The van der Waals surface area contributed by atoms with Crippen LogP contribution in [-0.4, -0.2) is 53.9 Å². The van der Waals surface area contributed by atoms with Crippen LogP contribution in [0.15, 0.2) is 30.5 Å². The molecule has 0 radical (unpaired) electrons. The molecule has 0 unspecified atom stereocenters. The Morgan fingerprint density at radius 1 is 1.03 bits per heavy atom. The largest absolute Gasteiger partial charge is 0.497 e. The van der Waals surface area contributed by atoms with Crippen LogP contribution in [0.4, 0.5) is 5.69 Å². The zero-order chi connectivity index (χ0) is 21.5. The van der Waals surface area contributed by atoms with E-state index < -0.39 is 11.9 Å². The summed E-state index contributed by atoms with van der Waals surface area (Å²) in [4.78, 5) is 22.7. The summed E-state index contributed by atoms with van der Waals surface area (Å²) in [5.74, 6) is -2.78. The Kier molecular flexibility index (Phi) is 11.8. The lowest BCUT2D eigenvalue weighted by Gasteiger charge is -2.11. The number of rotatable bonds is 11. The molecule has 4 N–H and O–H groups in total. The van der Waals surface area contributed by atoms with E-state index in [9.17, 15) is 0 Å². The Bertz CT molecular complexity index is 755. The van der Waals surface area contributed by atoms with E-state index in [0.29, 0.717) is 0 Å². The van der Waals surface area contributed by atoms with E-state index >= 15 is 0 Å². The molecule has 1 heterocycles. The van der Waals surface area contributed by atoms with Crippen LogP contribution in [0.5, 0.6) is 5.75 Å². The number of unbranched alkanes of at least 4 members (excludes halogenated alkanes) is 3. The first kappa shape index (κ1) is 24.2. The standard InChI is InChI=1S/C19H29N3O.C2H2O4/c1-3-4-10-20-11-6-5-7-12-21-18-15-17(23-2)14-16-9-8-13-22-19(16)18;3-1(4)2(5)6/h8-9,13-15,20-21H,3-7,10-12H2,1-2H3;(H,3,4)(H,5,6). The first-order chi connectivity index (χ1) is 14.0. The molecule has 0 saturated carbocycles. The Balaban J connectivity index is 0.000000612. The summed E-state index contributed by atoms with van der Waals surface area (Å²) < 4.78 is 5.38. The first-order valence-corrected chi connectivity index (χ1v) is 9.83. The molecule has 1 aromatic carbocycles. The summed E-state index contributed by atoms with van der Waals surface area (Å²) in [5, 5.41) is 22.9. The third-order valence-corrected chi connectivity index (χ3v) is 4.15. The number of fused-ring (bicyclic) bond motifs is 1. The van der Waals surface area contributed by atoms with Crippen LogP contribution in [-0.2, 0) is 9.59 Å². The van der Waals surface area contributed by atoms with Crippen molar-refractivity contribution in [3.05, 3.63) is 30.5 Å². The Labute approximate surface area is 171 Å². The topological polar surface area (TPSA) is 121 Å². The van der Waals surface area contributed by atoms with Crippen molar-refractivity contribution in [2.24, 2.45) is 0 Å². The maximum atomic E-state index is 9.10. The minimum absolute atomic E-state index is 0.869. The number of nitrogens with zero attached hydrogens (tertiary/aromatic N) is 1. The smallest absolute Gasteiger partial charge is 0.414 e. The second-order valence-electron chi connectivity index (χ2n) is 6.45. The molecule has 0 spiro atoms. The predicted molar refractivity (Wildman–Crippen MR) is 114 cm³/mol. The number of benzene rings is 1. The summed E-state index contributed by atoms with van der Waals surface area (Å²) in [6.45, 7) is 5.47. The highest BCUT2D eigenvalue weighted by Crippen LogP contribution is 2.27. The fourth-order valence-corrected chi connectivity index (χ4v) is 2.62. The maximum absolute atomic E-state index is 9.10. The number of aliphatic carboxylic acids is 2. The quantitative estimate of drug-likeness (QED) is 0.332. The van der Waals surface area contributed by atoms with Gasteiger partial charge in [0.25, 0.3) is 0 Å². The number of pyridine rings is 1. The number of ether oxygens (including phenoxy) is 1. The van der Waals surface area contributed by atoms with Crippen molar-refractivity contribution in [2.75, 3.05) is 32.1 Å². The van der Waals surface area contributed by atoms with E-state index in [1.165, 1.54) is 32.1 Å². The van der Waals surface area contributed by atoms with Gasteiger partial charge in [-0.05, 0) is 44.5 Å². The fraction of sp³-hybridized carbons (Fsp3) is 0.476. The van der Waals surface area contributed by atoms with Crippen molar-refractivity contribution in [1.82, 2.24) is 10.3 Å². The second-order valence-corrected chi connectivity index (χ2v) is 6.45. The van der Waals surface area contributed by atoms with Gasteiger partial charge in [-0.3, -0.25) is 4.98 Å². The van der Waals surface area contributed by atoms with Gasteiger partial charge in [-0.2, -0.15) is 0 Å². The molecule has 8 heteroatoms. The Morgan fingerprint density at radius 3 is 2.38 bits per heavy atom. The van der Waals surface area contributed by atoms with E-state index in [1.807, 2.05) is 24.4 Å². The van der Waals surface area contributed by atoms with Gasteiger partial charge in [0.15, 0.2) is 0 Å². The Hall–Kier alpha value is -2.87. The average molecular weight is 405 g/mol. The summed E-state index contributed by atoms with van der Waals surface area (Å²) in [7, 11) is 1.70. The minimum Gasteiger partial charge on any atom is -0.497 e. The molecule has 160 valence electrons. The Morgan fingerprint density at radius 2 is 1.72 bits per heavy atom. The lowest BCUT2D eigenvalue weighted by Crippen LogP contribution is -2.16. The summed E-state index contributed by atoms with van der Waals surface area (Å²) >= 11 is 0. The first-order valence-electron chi connectivity index (χ1n) is 9.83. The van der Waals surface area contributed by atoms with Crippen molar-refractivity contribution in [1.29, 1.82) is 0 Å². The van der Waals surface area contributed by atoms with E-state index in [-0.39, 0.29) is 0 Å². The van der Waals surface area contributed by atoms with Gasteiger partial charge in [0.1, 0.15) is 5.75 Å². The minimum atomic E-state index is -1.82. The van der Waals surface area contributed by atoms with Crippen LogP contribution in [0.2, 0.25) is 0 Å².